The summed E-state index contributed by atoms with van der Waals surface area (Å²) in [6.07, 6.45) is 0. The monoisotopic (exact) mass is 175 g/mol. The van der Waals surface area contributed by atoms with Crippen molar-refractivity contribution < 1.29 is 0 Å². The highest BCUT2D eigenvalue weighted by Crippen LogP contribution is 2.17. The smallest absolute Gasteiger partial charge is 0.0994 e. The third kappa shape index (κ3) is 1.86. The van der Waals surface area contributed by atoms with E-state index in [1.807, 2.05) is 19.1 Å². The summed E-state index contributed by atoms with van der Waals surface area (Å²) in [4.78, 5) is 0. The predicted octanol–water partition coefficient (Wildman–Crippen LogP) is 0.825. The highest BCUT2D eigenvalue weighted by atomic mass is 14.7. The molecule has 13 heavy (non-hydrogen) atoms. The van der Waals surface area contributed by atoms with E-state index in [0.717, 1.165) is 11.1 Å². The third-order valence-electron chi connectivity index (χ3n) is 2.15. The molecular formula is C10H13N3. The Labute approximate surface area is 78.0 Å². The molecule has 3 heteroatoms. The van der Waals surface area contributed by atoms with Crippen LogP contribution in [0.15, 0.2) is 18.2 Å². The van der Waals surface area contributed by atoms with Gasteiger partial charge in [0, 0.05) is 12.6 Å². The molecule has 3 nitrogen and oxygen atoms in total. The Balaban J connectivity index is 3.17. The first-order valence-corrected chi connectivity index (χ1v) is 4.16. The number of nitrogens with two attached hydrogens (primary N) is 2. The minimum Gasteiger partial charge on any atom is -0.329 e. The first-order chi connectivity index (χ1) is 6.20. The second-order valence-corrected chi connectivity index (χ2v) is 2.97. The van der Waals surface area contributed by atoms with E-state index in [9.17, 15) is 0 Å². The standard InChI is InChI=1S/C10H13N3/c1-7-8(5-11)3-2-4-9(7)10(13)6-12/h2-4,10H,6,12-13H2,1H3. The Kier molecular flexibility index (Phi) is 3.02. The van der Waals surface area contributed by atoms with Gasteiger partial charge in [-0.2, -0.15) is 5.26 Å². The van der Waals surface area contributed by atoms with Crippen LogP contribution in [0, 0.1) is 18.3 Å². The minimum atomic E-state index is -0.173. The lowest BCUT2D eigenvalue weighted by molar-refractivity contribution is 0.731. The molecule has 0 aromatic heterocycles. The zero-order valence-electron chi connectivity index (χ0n) is 7.62. The average molecular weight is 175 g/mol. The Bertz CT molecular complexity index is 339. The second kappa shape index (κ2) is 4.04. The average Bonchev–Trinajstić information content (AvgIpc) is 2.17. The van der Waals surface area contributed by atoms with E-state index in [-0.39, 0.29) is 6.04 Å². The summed E-state index contributed by atoms with van der Waals surface area (Å²) in [5.41, 5.74) is 13.8. The van der Waals surface area contributed by atoms with Crippen LogP contribution in [0.3, 0.4) is 0 Å². The fraction of sp³-hybridized carbons (Fsp3) is 0.300. The van der Waals surface area contributed by atoms with Crippen LogP contribution in [0.4, 0.5) is 0 Å². The topological polar surface area (TPSA) is 75.8 Å². The lowest BCUT2D eigenvalue weighted by Gasteiger charge is -2.12. The molecule has 68 valence electrons. The molecule has 0 bridgehead atoms. The van der Waals surface area contributed by atoms with Crippen LogP contribution in [-0.2, 0) is 0 Å². The summed E-state index contributed by atoms with van der Waals surface area (Å²) in [7, 11) is 0. The van der Waals surface area contributed by atoms with Gasteiger partial charge < -0.3 is 11.5 Å². The van der Waals surface area contributed by atoms with Gasteiger partial charge >= 0.3 is 0 Å². The van der Waals surface area contributed by atoms with E-state index in [0.29, 0.717) is 12.1 Å². The molecule has 0 fully saturated rings. The molecule has 1 aromatic carbocycles. The number of nitriles is 1. The molecule has 1 aromatic rings. The van der Waals surface area contributed by atoms with Crippen LogP contribution in [0.2, 0.25) is 0 Å². The van der Waals surface area contributed by atoms with E-state index in [4.69, 9.17) is 16.7 Å². The maximum Gasteiger partial charge on any atom is 0.0994 e. The summed E-state index contributed by atoms with van der Waals surface area (Å²) in [6, 6.07) is 7.47. The Morgan fingerprint density at radius 3 is 2.77 bits per heavy atom. The molecule has 4 N–H and O–H groups in total. The van der Waals surface area contributed by atoms with E-state index in [1.165, 1.54) is 0 Å². The van der Waals surface area contributed by atoms with Crippen molar-refractivity contribution in [3.05, 3.63) is 34.9 Å². The van der Waals surface area contributed by atoms with Crippen molar-refractivity contribution in [2.75, 3.05) is 6.54 Å². The molecule has 1 rings (SSSR count). The Morgan fingerprint density at radius 1 is 1.54 bits per heavy atom. The Morgan fingerprint density at radius 2 is 2.23 bits per heavy atom. The van der Waals surface area contributed by atoms with Crippen LogP contribution in [0.1, 0.15) is 22.7 Å². The Hall–Kier alpha value is -1.37. The van der Waals surface area contributed by atoms with Crippen molar-refractivity contribution in [3.63, 3.8) is 0 Å². The van der Waals surface area contributed by atoms with Gasteiger partial charge in [-0.15, -0.1) is 0 Å². The van der Waals surface area contributed by atoms with E-state index in [1.54, 1.807) is 6.07 Å². The SMILES string of the molecule is Cc1c(C#N)cccc1C(N)CN. The molecule has 1 atom stereocenters. The summed E-state index contributed by atoms with van der Waals surface area (Å²) in [5.74, 6) is 0. The molecule has 0 saturated heterocycles. The van der Waals surface area contributed by atoms with Crippen LogP contribution >= 0.6 is 0 Å². The van der Waals surface area contributed by atoms with Gasteiger partial charge in [-0.1, -0.05) is 12.1 Å². The highest BCUT2D eigenvalue weighted by Gasteiger charge is 2.08. The summed E-state index contributed by atoms with van der Waals surface area (Å²) >= 11 is 0. The van der Waals surface area contributed by atoms with E-state index >= 15 is 0 Å². The molecular weight excluding hydrogens is 162 g/mol. The molecule has 0 aliphatic heterocycles. The number of nitrogens with zero attached hydrogens (tertiary/aromatic N) is 1. The lowest BCUT2D eigenvalue weighted by Crippen LogP contribution is -2.21. The van der Waals surface area contributed by atoms with Gasteiger partial charge in [0.2, 0.25) is 0 Å². The first-order valence-electron chi connectivity index (χ1n) is 4.16. The van der Waals surface area contributed by atoms with Crippen molar-refractivity contribution in [2.45, 2.75) is 13.0 Å². The molecule has 0 spiro atoms. The first kappa shape index (κ1) is 9.72. The molecule has 0 aliphatic rings. The predicted molar refractivity (Wildman–Crippen MR) is 51.9 cm³/mol. The van der Waals surface area contributed by atoms with Gasteiger partial charge in [0.1, 0.15) is 0 Å². The van der Waals surface area contributed by atoms with Crippen LogP contribution < -0.4 is 11.5 Å². The molecule has 0 aliphatic carbocycles. The van der Waals surface area contributed by atoms with Gasteiger partial charge in [0.05, 0.1) is 11.6 Å². The normalized spacial score (nSPS) is 12.2. The van der Waals surface area contributed by atoms with Crippen LogP contribution in [0.25, 0.3) is 0 Å². The van der Waals surface area contributed by atoms with Crippen molar-refractivity contribution in [3.8, 4) is 6.07 Å². The van der Waals surface area contributed by atoms with Crippen molar-refractivity contribution >= 4 is 0 Å². The molecule has 0 heterocycles. The third-order valence-corrected chi connectivity index (χ3v) is 2.15. The molecule has 0 saturated carbocycles. The van der Waals surface area contributed by atoms with Crippen LogP contribution in [0.5, 0.6) is 0 Å². The van der Waals surface area contributed by atoms with E-state index < -0.39 is 0 Å². The van der Waals surface area contributed by atoms with Gasteiger partial charge in [-0.25, -0.2) is 0 Å². The van der Waals surface area contributed by atoms with E-state index in [2.05, 4.69) is 6.07 Å². The number of benzene rings is 1. The van der Waals surface area contributed by atoms with Crippen molar-refractivity contribution in [1.82, 2.24) is 0 Å². The largest absolute Gasteiger partial charge is 0.329 e. The van der Waals surface area contributed by atoms with Gasteiger partial charge in [-0.3, -0.25) is 0 Å². The fourth-order valence-electron chi connectivity index (χ4n) is 1.30. The van der Waals surface area contributed by atoms with Crippen molar-refractivity contribution in [1.29, 1.82) is 5.26 Å². The summed E-state index contributed by atoms with van der Waals surface area (Å²) in [6.45, 7) is 2.29. The second-order valence-electron chi connectivity index (χ2n) is 2.97. The van der Waals surface area contributed by atoms with Crippen molar-refractivity contribution in [2.24, 2.45) is 11.5 Å². The number of hydrogen-bond acceptors (Lipinski definition) is 3. The van der Waals surface area contributed by atoms with Gasteiger partial charge in [-0.05, 0) is 24.1 Å². The quantitative estimate of drug-likeness (QED) is 0.698. The van der Waals surface area contributed by atoms with Gasteiger partial charge in [0.25, 0.3) is 0 Å². The lowest BCUT2D eigenvalue weighted by atomic mass is 9.98. The summed E-state index contributed by atoms with van der Waals surface area (Å²) in [5, 5.41) is 8.78. The fourth-order valence-corrected chi connectivity index (χ4v) is 1.30. The zero-order valence-corrected chi connectivity index (χ0v) is 7.62. The molecule has 0 radical (unpaired) electrons. The van der Waals surface area contributed by atoms with Gasteiger partial charge in [0.15, 0.2) is 0 Å². The zero-order chi connectivity index (χ0) is 9.84. The number of rotatable bonds is 2. The molecule has 1 unspecified atom stereocenters. The summed E-state index contributed by atoms with van der Waals surface area (Å²) < 4.78 is 0. The molecule has 0 amide bonds. The maximum atomic E-state index is 8.78. The maximum absolute atomic E-state index is 8.78. The minimum absolute atomic E-state index is 0.173. The highest BCUT2D eigenvalue weighted by molar-refractivity contribution is 5.43. The van der Waals surface area contributed by atoms with Crippen LogP contribution in [-0.4, -0.2) is 6.54 Å². The number of hydrogen-bond donors (Lipinski definition) is 2.